The normalized spacial score (nSPS) is 11.1. The second-order valence-corrected chi connectivity index (χ2v) is 6.53. The molecule has 0 aliphatic heterocycles. The number of rotatable bonds is 16. The highest BCUT2D eigenvalue weighted by molar-refractivity contribution is 5.17. The lowest BCUT2D eigenvalue weighted by molar-refractivity contribution is 0.131. The lowest BCUT2D eigenvalue weighted by atomic mass is 10.1. The molecule has 1 rings (SSSR count). The molecule has 0 heterocycles. The van der Waals surface area contributed by atoms with E-state index in [1.807, 2.05) is 12.1 Å². The molecule has 0 spiro atoms. The molecule has 0 amide bonds. The number of unbranched alkanes of at least 4 members (excludes halogenated alkanes) is 8. The van der Waals surface area contributed by atoms with Crippen molar-refractivity contribution in [2.45, 2.75) is 71.1 Å². The van der Waals surface area contributed by atoms with Gasteiger partial charge in [-0.1, -0.05) is 76.5 Å². The smallest absolute Gasteiger partial charge is 0.126 e. The van der Waals surface area contributed by atoms with Crippen molar-refractivity contribution in [3.63, 3.8) is 0 Å². The molecule has 0 fully saturated rings. The van der Waals surface area contributed by atoms with E-state index in [0.29, 0.717) is 0 Å². The van der Waals surface area contributed by atoms with Crippen molar-refractivity contribution in [2.24, 2.45) is 0 Å². The van der Waals surface area contributed by atoms with Crippen LogP contribution in [-0.4, -0.2) is 26.3 Å². The van der Waals surface area contributed by atoms with E-state index in [4.69, 9.17) is 4.74 Å². The molecule has 3 heteroatoms. The van der Waals surface area contributed by atoms with Crippen LogP contribution in [0, 0.1) is 5.82 Å². The monoisotopic (exact) mass is 337 g/mol. The predicted octanol–water partition coefficient (Wildman–Crippen LogP) is 5.51. The minimum absolute atomic E-state index is 0.110. The quantitative estimate of drug-likeness (QED) is 0.402. The number of benzene rings is 1. The van der Waals surface area contributed by atoms with Crippen molar-refractivity contribution < 1.29 is 9.13 Å². The third kappa shape index (κ3) is 11.6. The fourth-order valence-electron chi connectivity index (χ4n) is 2.81. The van der Waals surface area contributed by atoms with Gasteiger partial charge in [0.2, 0.25) is 0 Å². The Bertz CT molecular complexity index is 397. The van der Waals surface area contributed by atoms with E-state index >= 15 is 0 Å². The van der Waals surface area contributed by atoms with Crippen LogP contribution in [0.1, 0.15) is 70.3 Å². The molecule has 1 aromatic carbocycles. The van der Waals surface area contributed by atoms with Crippen LogP contribution in [0.4, 0.5) is 4.39 Å². The summed E-state index contributed by atoms with van der Waals surface area (Å²) in [5.74, 6) is -0.110. The lowest BCUT2D eigenvalue weighted by Crippen LogP contribution is -2.22. The molecule has 0 atom stereocenters. The van der Waals surface area contributed by atoms with Gasteiger partial charge in [-0.05, 0) is 31.0 Å². The van der Waals surface area contributed by atoms with Crippen LogP contribution < -0.4 is 5.32 Å². The van der Waals surface area contributed by atoms with E-state index in [-0.39, 0.29) is 5.82 Å². The van der Waals surface area contributed by atoms with Gasteiger partial charge in [-0.25, -0.2) is 4.39 Å². The van der Waals surface area contributed by atoms with Crippen molar-refractivity contribution in [2.75, 3.05) is 26.3 Å². The van der Waals surface area contributed by atoms with Crippen molar-refractivity contribution >= 4 is 0 Å². The average molecular weight is 338 g/mol. The first-order valence-electron chi connectivity index (χ1n) is 9.86. The van der Waals surface area contributed by atoms with Crippen LogP contribution >= 0.6 is 0 Å². The third-order valence-electron chi connectivity index (χ3n) is 4.34. The first kappa shape index (κ1) is 21.1. The zero-order valence-corrected chi connectivity index (χ0v) is 15.5. The Morgan fingerprint density at radius 3 is 2.21 bits per heavy atom. The Morgan fingerprint density at radius 2 is 1.50 bits per heavy atom. The Balaban J connectivity index is 1.77. The van der Waals surface area contributed by atoms with E-state index < -0.39 is 0 Å². The van der Waals surface area contributed by atoms with Crippen molar-refractivity contribution in [1.29, 1.82) is 0 Å². The second kappa shape index (κ2) is 15.6. The molecule has 0 aliphatic carbocycles. The summed E-state index contributed by atoms with van der Waals surface area (Å²) in [5.41, 5.74) is 0.778. The van der Waals surface area contributed by atoms with Crippen LogP contribution in [0.15, 0.2) is 24.3 Å². The van der Waals surface area contributed by atoms with Gasteiger partial charge in [0, 0.05) is 13.2 Å². The Kier molecular flexibility index (Phi) is 13.7. The molecule has 24 heavy (non-hydrogen) atoms. The van der Waals surface area contributed by atoms with Crippen LogP contribution in [0.2, 0.25) is 0 Å². The summed E-state index contributed by atoms with van der Waals surface area (Å²) in [6.45, 7) is 5.51. The van der Waals surface area contributed by atoms with E-state index in [0.717, 1.165) is 38.3 Å². The molecule has 0 radical (unpaired) electrons. The molecule has 2 nitrogen and oxygen atoms in total. The molecule has 0 saturated heterocycles. The molecule has 1 N–H and O–H groups in total. The maximum absolute atomic E-state index is 13.4. The first-order valence-corrected chi connectivity index (χ1v) is 9.86. The number of halogens is 1. The highest BCUT2D eigenvalue weighted by Gasteiger charge is 1.99. The zero-order valence-electron chi connectivity index (χ0n) is 15.5. The highest BCUT2D eigenvalue weighted by Crippen LogP contribution is 2.09. The van der Waals surface area contributed by atoms with Gasteiger partial charge in [0.1, 0.15) is 5.82 Å². The van der Waals surface area contributed by atoms with Crippen LogP contribution in [0.3, 0.4) is 0 Å². The van der Waals surface area contributed by atoms with Gasteiger partial charge >= 0.3 is 0 Å². The Labute approximate surface area is 148 Å². The van der Waals surface area contributed by atoms with Gasteiger partial charge in [0.15, 0.2) is 0 Å². The molecular formula is C21H36FNO. The van der Waals surface area contributed by atoms with Crippen molar-refractivity contribution in [3.05, 3.63) is 35.6 Å². The fourth-order valence-corrected chi connectivity index (χ4v) is 2.81. The summed E-state index contributed by atoms with van der Waals surface area (Å²) in [7, 11) is 0. The van der Waals surface area contributed by atoms with E-state index in [1.54, 1.807) is 6.07 Å². The number of nitrogens with one attached hydrogen (secondary N) is 1. The zero-order chi connectivity index (χ0) is 17.3. The maximum Gasteiger partial charge on any atom is 0.126 e. The Morgan fingerprint density at radius 1 is 0.833 bits per heavy atom. The van der Waals surface area contributed by atoms with Crippen LogP contribution in [0.25, 0.3) is 0 Å². The summed E-state index contributed by atoms with van der Waals surface area (Å²) in [4.78, 5) is 0. The van der Waals surface area contributed by atoms with E-state index in [2.05, 4.69) is 12.2 Å². The Hall–Kier alpha value is -0.930. The molecule has 1 aromatic rings. The van der Waals surface area contributed by atoms with Gasteiger partial charge in [-0.15, -0.1) is 0 Å². The topological polar surface area (TPSA) is 21.3 Å². The van der Waals surface area contributed by atoms with Gasteiger partial charge in [0.25, 0.3) is 0 Å². The lowest BCUT2D eigenvalue weighted by Gasteiger charge is -2.07. The molecular weight excluding hydrogens is 301 g/mol. The largest absolute Gasteiger partial charge is 0.380 e. The highest BCUT2D eigenvalue weighted by atomic mass is 19.1. The number of ether oxygens (including phenoxy) is 1. The summed E-state index contributed by atoms with van der Waals surface area (Å²) >= 11 is 0. The molecule has 0 bridgehead atoms. The van der Waals surface area contributed by atoms with Gasteiger partial charge in [-0.3, -0.25) is 0 Å². The average Bonchev–Trinajstić information content (AvgIpc) is 2.60. The van der Waals surface area contributed by atoms with Gasteiger partial charge < -0.3 is 10.1 Å². The molecule has 0 unspecified atom stereocenters. The van der Waals surface area contributed by atoms with Crippen LogP contribution in [0.5, 0.6) is 0 Å². The van der Waals surface area contributed by atoms with Crippen molar-refractivity contribution in [1.82, 2.24) is 5.32 Å². The molecule has 138 valence electrons. The van der Waals surface area contributed by atoms with Crippen LogP contribution in [-0.2, 0) is 11.2 Å². The minimum Gasteiger partial charge on any atom is -0.380 e. The van der Waals surface area contributed by atoms with Gasteiger partial charge in [0.05, 0.1) is 6.61 Å². The predicted molar refractivity (Wildman–Crippen MR) is 101 cm³/mol. The van der Waals surface area contributed by atoms with Crippen molar-refractivity contribution in [3.8, 4) is 0 Å². The van der Waals surface area contributed by atoms with E-state index in [9.17, 15) is 4.39 Å². The third-order valence-corrected chi connectivity index (χ3v) is 4.34. The minimum atomic E-state index is -0.110. The summed E-state index contributed by atoms with van der Waals surface area (Å²) in [6, 6.07) is 6.97. The summed E-state index contributed by atoms with van der Waals surface area (Å²) in [5, 5.41) is 3.30. The summed E-state index contributed by atoms with van der Waals surface area (Å²) in [6.07, 6.45) is 12.8. The second-order valence-electron chi connectivity index (χ2n) is 6.53. The van der Waals surface area contributed by atoms with Gasteiger partial charge in [-0.2, -0.15) is 0 Å². The standard InChI is InChI=1S/C21H36FNO/c1-2-3-4-5-6-7-8-9-12-18-24-19-17-23-16-15-20-13-10-11-14-21(20)22/h10-11,13-14,23H,2-9,12,15-19H2,1H3. The fraction of sp³-hybridized carbons (Fsp3) is 0.714. The molecule has 0 saturated carbocycles. The SMILES string of the molecule is CCCCCCCCCCCOCCNCCc1ccccc1F. The molecule has 0 aromatic heterocycles. The molecule has 0 aliphatic rings. The summed E-state index contributed by atoms with van der Waals surface area (Å²) < 4.78 is 19.1. The van der Waals surface area contributed by atoms with E-state index in [1.165, 1.54) is 63.9 Å². The maximum atomic E-state index is 13.4. The number of hydrogen-bond donors (Lipinski definition) is 1. The first-order chi connectivity index (χ1) is 11.8. The number of hydrogen-bond acceptors (Lipinski definition) is 2.